The van der Waals surface area contributed by atoms with E-state index < -0.39 is 0 Å². The molecule has 3 rings (SSSR count). The second kappa shape index (κ2) is 6.83. The van der Waals surface area contributed by atoms with Crippen LogP contribution in [0.2, 0.25) is 0 Å². The Labute approximate surface area is 143 Å². The third kappa shape index (κ3) is 3.88. The molecule has 0 unspecified atom stereocenters. The number of nitrogens with one attached hydrogen (secondary N) is 1. The number of imidazole rings is 1. The van der Waals surface area contributed by atoms with Crippen molar-refractivity contribution in [2.45, 2.75) is 32.2 Å². The van der Waals surface area contributed by atoms with Crippen LogP contribution in [0.4, 0.5) is 4.79 Å². The lowest BCUT2D eigenvalue weighted by Gasteiger charge is -2.34. The summed E-state index contributed by atoms with van der Waals surface area (Å²) in [5.74, 6) is -0.00476. The number of nitrogens with zero attached hydrogens (tertiary/aromatic N) is 4. The molecule has 1 saturated heterocycles. The zero-order valence-electron chi connectivity index (χ0n) is 14.6. The molecule has 0 radical (unpaired) electrons. The topological polar surface area (TPSA) is 70.5 Å². The van der Waals surface area contributed by atoms with E-state index in [1.165, 1.54) is 0 Å². The minimum absolute atomic E-state index is 0.00808. The van der Waals surface area contributed by atoms with Crippen LogP contribution in [-0.4, -0.2) is 65.0 Å². The van der Waals surface area contributed by atoms with E-state index in [-0.39, 0.29) is 23.3 Å². The van der Waals surface area contributed by atoms with E-state index in [1.54, 1.807) is 30.1 Å². The van der Waals surface area contributed by atoms with Crippen LogP contribution >= 0.6 is 0 Å². The quantitative estimate of drug-likeness (QED) is 0.879. The number of rotatable bonds is 5. The lowest BCUT2D eigenvalue weighted by molar-refractivity contribution is -0.126. The van der Waals surface area contributed by atoms with E-state index in [1.807, 2.05) is 12.5 Å². The average Bonchev–Trinajstić information content (AvgIpc) is 3.15. The van der Waals surface area contributed by atoms with Crippen molar-refractivity contribution in [3.63, 3.8) is 0 Å². The van der Waals surface area contributed by atoms with Gasteiger partial charge in [0.05, 0.1) is 12.2 Å². The average molecular weight is 333 g/mol. The monoisotopic (exact) mass is 333 g/mol. The molecule has 1 saturated carbocycles. The Bertz CT molecular complexity index is 580. The van der Waals surface area contributed by atoms with E-state index in [0.717, 1.165) is 38.8 Å². The van der Waals surface area contributed by atoms with Crippen LogP contribution in [0.5, 0.6) is 0 Å². The molecule has 132 valence electrons. The fourth-order valence-electron chi connectivity index (χ4n) is 3.40. The molecule has 7 nitrogen and oxygen atoms in total. The van der Waals surface area contributed by atoms with Crippen LogP contribution in [0.3, 0.4) is 0 Å². The molecule has 2 fully saturated rings. The molecular weight excluding hydrogens is 306 g/mol. The smallest absolute Gasteiger partial charge is 0.319 e. The SMILES string of the molecule is CN(C)C(=O)N1CCC[C@H](C(=O)NCC2(Cn3ccnc3)CC2)C1. The number of piperidine rings is 1. The molecule has 0 aromatic carbocycles. The lowest BCUT2D eigenvalue weighted by Crippen LogP contribution is -2.49. The predicted molar refractivity (Wildman–Crippen MR) is 90.3 cm³/mol. The molecule has 1 aromatic rings. The number of carbonyl (C=O) groups excluding carboxylic acids is 2. The molecule has 1 aromatic heterocycles. The van der Waals surface area contributed by atoms with Gasteiger partial charge in [0.1, 0.15) is 0 Å². The largest absolute Gasteiger partial charge is 0.355 e. The summed E-state index contributed by atoms with van der Waals surface area (Å²) in [5, 5.41) is 3.13. The Morgan fingerprint density at radius 1 is 1.38 bits per heavy atom. The van der Waals surface area contributed by atoms with Crippen molar-refractivity contribution in [2.24, 2.45) is 11.3 Å². The van der Waals surface area contributed by atoms with Crippen LogP contribution in [-0.2, 0) is 11.3 Å². The van der Waals surface area contributed by atoms with E-state index >= 15 is 0 Å². The Balaban J connectivity index is 1.49. The number of likely N-dealkylation sites (tertiary alicyclic amines) is 1. The summed E-state index contributed by atoms with van der Waals surface area (Å²) in [5.41, 5.74) is 0.185. The van der Waals surface area contributed by atoms with Crippen LogP contribution < -0.4 is 5.32 Å². The third-order valence-electron chi connectivity index (χ3n) is 5.12. The van der Waals surface area contributed by atoms with Gasteiger partial charge in [-0.2, -0.15) is 0 Å². The van der Waals surface area contributed by atoms with Gasteiger partial charge in [0.15, 0.2) is 0 Å². The highest BCUT2D eigenvalue weighted by Gasteiger charge is 2.43. The molecule has 24 heavy (non-hydrogen) atoms. The van der Waals surface area contributed by atoms with Crippen molar-refractivity contribution in [3.05, 3.63) is 18.7 Å². The summed E-state index contributed by atoms with van der Waals surface area (Å²) in [6, 6.07) is -0.00808. The molecule has 0 bridgehead atoms. The zero-order valence-corrected chi connectivity index (χ0v) is 14.6. The second-order valence-corrected chi connectivity index (χ2v) is 7.41. The molecule has 2 heterocycles. The molecule has 3 amide bonds. The van der Waals surface area contributed by atoms with E-state index in [9.17, 15) is 9.59 Å². The minimum Gasteiger partial charge on any atom is -0.355 e. The van der Waals surface area contributed by atoms with Crippen LogP contribution in [0.1, 0.15) is 25.7 Å². The first-order valence-electron chi connectivity index (χ1n) is 8.69. The molecule has 7 heteroatoms. The Morgan fingerprint density at radius 2 is 2.17 bits per heavy atom. The van der Waals surface area contributed by atoms with Gasteiger partial charge in [-0.25, -0.2) is 9.78 Å². The van der Waals surface area contributed by atoms with Crippen molar-refractivity contribution >= 4 is 11.9 Å². The molecule has 1 aliphatic heterocycles. The summed E-state index contributed by atoms with van der Waals surface area (Å²) >= 11 is 0. The molecule has 1 aliphatic carbocycles. The van der Waals surface area contributed by atoms with Gasteiger partial charge in [0.2, 0.25) is 5.91 Å². The lowest BCUT2D eigenvalue weighted by atomic mass is 9.97. The third-order valence-corrected chi connectivity index (χ3v) is 5.12. The van der Waals surface area contributed by atoms with Gasteiger partial charge in [0, 0.05) is 58.1 Å². The second-order valence-electron chi connectivity index (χ2n) is 7.41. The molecule has 1 atom stereocenters. The summed E-state index contributed by atoms with van der Waals surface area (Å²) in [4.78, 5) is 32.0. The van der Waals surface area contributed by atoms with E-state index in [2.05, 4.69) is 14.9 Å². The van der Waals surface area contributed by atoms with Gasteiger partial charge in [0.25, 0.3) is 0 Å². The number of urea groups is 1. The Hall–Kier alpha value is -2.05. The van der Waals surface area contributed by atoms with Crippen LogP contribution in [0.25, 0.3) is 0 Å². The van der Waals surface area contributed by atoms with Gasteiger partial charge in [-0.1, -0.05) is 0 Å². The number of carbonyl (C=O) groups is 2. The minimum atomic E-state index is -0.0910. The fourth-order valence-corrected chi connectivity index (χ4v) is 3.40. The summed E-state index contributed by atoms with van der Waals surface area (Å²) in [6.45, 7) is 2.88. The highest BCUT2D eigenvalue weighted by molar-refractivity contribution is 5.80. The van der Waals surface area contributed by atoms with Gasteiger partial charge in [-0.05, 0) is 25.7 Å². The van der Waals surface area contributed by atoms with E-state index in [4.69, 9.17) is 0 Å². The van der Waals surface area contributed by atoms with Gasteiger partial charge in [-0.3, -0.25) is 4.79 Å². The van der Waals surface area contributed by atoms with Gasteiger partial charge in [-0.15, -0.1) is 0 Å². The molecular formula is C17H27N5O2. The summed E-state index contributed by atoms with van der Waals surface area (Å²) < 4.78 is 2.08. The number of hydrogen-bond donors (Lipinski definition) is 1. The van der Waals surface area contributed by atoms with Crippen LogP contribution in [0.15, 0.2) is 18.7 Å². The zero-order chi connectivity index (χ0) is 17.2. The first-order valence-corrected chi connectivity index (χ1v) is 8.69. The molecule has 0 spiro atoms. The first kappa shape index (κ1) is 16.8. The van der Waals surface area contributed by atoms with Gasteiger partial charge >= 0.3 is 6.03 Å². The maximum atomic E-state index is 12.5. The van der Waals surface area contributed by atoms with Crippen LogP contribution in [0, 0.1) is 11.3 Å². The highest BCUT2D eigenvalue weighted by Crippen LogP contribution is 2.46. The maximum Gasteiger partial charge on any atom is 0.319 e. The number of hydrogen-bond acceptors (Lipinski definition) is 3. The maximum absolute atomic E-state index is 12.5. The normalized spacial score (nSPS) is 22.1. The highest BCUT2D eigenvalue weighted by atomic mass is 16.2. The van der Waals surface area contributed by atoms with Crippen molar-refractivity contribution in [1.29, 1.82) is 0 Å². The standard InChI is InChI=1S/C17H27N5O2/c1-20(2)16(24)22-8-3-4-14(10-22)15(23)19-11-17(5-6-17)12-21-9-7-18-13-21/h7,9,13-14H,3-6,8,10-12H2,1-2H3,(H,19,23)/t14-/m0/s1. The number of aromatic nitrogens is 2. The summed E-state index contributed by atoms with van der Waals surface area (Å²) in [6.07, 6.45) is 9.60. The number of amides is 3. The van der Waals surface area contributed by atoms with Crippen molar-refractivity contribution in [1.82, 2.24) is 24.7 Å². The Kier molecular flexibility index (Phi) is 4.78. The summed E-state index contributed by atoms with van der Waals surface area (Å²) in [7, 11) is 3.50. The van der Waals surface area contributed by atoms with Gasteiger partial charge < -0.3 is 19.7 Å². The fraction of sp³-hybridized carbons (Fsp3) is 0.706. The van der Waals surface area contributed by atoms with Crippen molar-refractivity contribution in [2.75, 3.05) is 33.7 Å². The molecule has 2 aliphatic rings. The van der Waals surface area contributed by atoms with Crippen molar-refractivity contribution < 1.29 is 9.59 Å². The van der Waals surface area contributed by atoms with Crippen molar-refractivity contribution in [3.8, 4) is 0 Å². The molecule has 1 N–H and O–H groups in total. The Morgan fingerprint density at radius 3 is 2.79 bits per heavy atom. The van der Waals surface area contributed by atoms with E-state index in [0.29, 0.717) is 13.1 Å². The first-order chi connectivity index (χ1) is 11.5. The predicted octanol–water partition coefficient (Wildman–Crippen LogP) is 1.17.